The summed E-state index contributed by atoms with van der Waals surface area (Å²) < 4.78 is 24.5. The summed E-state index contributed by atoms with van der Waals surface area (Å²) >= 11 is 0. The van der Waals surface area contributed by atoms with Crippen molar-refractivity contribution in [1.29, 1.82) is 0 Å². The van der Waals surface area contributed by atoms with Crippen LogP contribution in [0.25, 0.3) is 6.08 Å². The molecule has 0 fully saturated rings. The molecule has 0 N–H and O–H groups in total. The van der Waals surface area contributed by atoms with Crippen molar-refractivity contribution in [2.45, 2.75) is 6.54 Å². The molecule has 150 valence electrons. The third-order valence-corrected chi connectivity index (χ3v) is 4.27. The van der Waals surface area contributed by atoms with Crippen LogP contribution >= 0.6 is 0 Å². The molecule has 28 heavy (non-hydrogen) atoms. The highest BCUT2D eigenvalue weighted by Crippen LogP contribution is 2.28. The monoisotopic (exact) mass is 386 g/mol. The summed E-state index contributed by atoms with van der Waals surface area (Å²) in [5, 5.41) is 0. The van der Waals surface area contributed by atoms with E-state index in [1.54, 1.807) is 55.5 Å². The molecule has 0 saturated carbocycles. The molecule has 2 aromatic carbocycles. The molecule has 1 amide bonds. The smallest absolute Gasteiger partial charge is 0.246 e. The zero-order valence-corrected chi connectivity index (χ0v) is 16.8. The topological polar surface area (TPSA) is 42.0 Å². The van der Waals surface area contributed by atoms with E-state index in [4.69, 9.17) is 9.47 Å². The van der Waals surface area contributed by atoms with Gasteiger partial charge in [0, 0.05) is 31.3 Å². The number of nitrogens with zero attached hydrogens (tertiary/aromatic N) is 2. The van der Waals surface area contributed by atoms with Gasteiger partial charge in [-0.1, -0.05) is 24.3 Å². The minimum atomic E-state index is -0.311. The number of amides is 1. The average molecular weight is 386 g/mol. The van der Waals surface area contributed by atoms with E-state index in [2.05, 4.69) is 0 Å². The molecule has 0 radical (unpaired) electrons. The van der Waals surface area contributed by atoms with Crippen LogP contribution in [0.3, 0.4) is 0 Å². The van der Waals surface area contributed by atoms with Gasteiger partial charge in [-0.2, -0.15) is 0 Å². The van der Waals surface area contributed by atoms with Gasteiger partial charge in [-0.25, -0.2) is 4.39 Å². The second-order valence-corrected chi connectivity index (χ2v) is 6.60. The third-order valence-electron chi connectivity index (χ3n) is 4.27. The van der Waals surface area contributed by atoms with E-state index >= 15 is 0 Å². The molecule has 0 unspecified atom stereocenters. The SMILES string of the molecule is COc1ccc(/C=C/C(=O)N(CCN(C)C)Cc2ccccc2F)cc1OC. The molecule has 0 saturated heterocycles. The number of benzene rings is 2. The third kappa shape index (κ3) is 6.09. The Bertz CT molecular complexity index is 821. The molecule has 2 rings (SSSR count). The molecule has 6 heteroatoms. The highest BCUT2D eigenvalue weighted by molar-refractivity contribution is 5.91. The summed E-state index contributed by atoms with van der Waals surface area (Å²) in [7, 11) is 7.01. The normalized spacial score (nSPS) is 11.1. The van der Waals surface area contributed by atoms with Crippen molar-refractivity contribution in [1.82, 2.24) is 9.80 Å². The van der Waals surface area contributed by atoms with E-state index < -0.39 is 0 Å². The van der Waals surface area contributed by atoms with Gasteiger partial charge in [0.25, 0.3) is 0 Å². The number of ether oxygens (including phenoxy) is 2. The predicted molar refractivity (Wildman–Crippen MR) is 109 cm³/mol. The van der Waals surface area contributed by atoms with Gasteiger partial charge < -0.3 is 19.3 Å². The lowest BCUT2D eigenvalue weighted by Crippen LogP contribution is -2.35. The maximum absolute atomic E-state index is 14.0. The molecule has 0 bridgehead atoms. The fourth-order valence-electron chi connectivity index (χ4n) is 2.65. The summed E-state index contributed by atoms with van der Waals surface area (Å²) in [6.45, 7) is 1.40. The Morgan fingerprint density at radius 2 is 1.75 bits per heavy atom. The molecular weight excluding hydrogens is 359 g/mol. The lowest BCUT2D eigenvalue weighted by atomic mass is 10.1. The van der Waals surface area contributed by atoms with Crippen molar-refractivity contribution in [2.24, 2.45) is 0 Å². The van der Waals surface area contributed by atoms with Crippen LogP contribution in [0.4, 0.5) is 4.39 Å². The van der Waals surface area contributed by atoms with E-state index in [-0.39, 0.29) is 18.3 Å². The van der Waals surface area contributed by atoms with Crippen molar-refractivity contribution in [3.8, 4) is 11.5 Å². The quantitative estimate of drug-likeness (QED) is 0.619. The van der Waals surface area contributed by atoms with Gasteiger partial charge in [0.1, 0.15) is 5.82 Å². The highest BCUT2D eigenvalue weighted by atomic mass is 19.1. The number of rotatable bonds is 9. The van der Waals surface area contributed by atoms with E-state index in [0.29, 0.717) is 30.2 Å². The van der Waals surface area contributed by atoms with E-state index in [0.717, 1.165) is 5.56 Å². The Morgan fingerprint density at radius 3 is 2.39 bits per heavy atom. The van der Waals surface area contributed by atoms with E-state index in [9.17, 15) is 9.18 Å². The summed E-state index contributed by atoms with van der Waals surface area (Å²) in [4.78, 5) is 16.4. The first-order chi connectivity index (χ1) is 13.4. The molecule has 0 atom stereocenters. The summed E-state index contributed by atoms with van der Waals surface area (Å²) in [5.74, 6) is 0.722. The zero-order chi connectivity index (χ0) is 20.5. The van der Waals surface area contributed by atoms with Gasteiger partial charge in [-0.05, 0) is 43.9 Å². The Labute approximate surface area is 166 Å². The standard InChI is InChI=1S/C22H27FN2O3/c1-24(2)13-14-25(16-18-7-5-6-8-19(18)23)22(26)12-10-17-9-11-20(27-3)21(15-17)28-4/h5-12,15H,13-14,16H2,1-4H3/b12-10+. The second kappa shape index (κ2) is 10.5. The van der Waals surface area contributed by atoms with E-state index in [1.165, 1.54) is 12.1 Å². The lowest BCUT2D eigenvalue weighted by Gasteiger charge is -2.23. The number of likely N-dealkylation sites (N-methyl/N-ethyl adjacent to an activating group) is 1. The Morgan fingerprint density at radius 1 is 1.04 bits per heavy atom. The molecule has 0 aliphatic rings. The van der Waals surface area contributed by atoms with Gasteiger partial charge in [0.15, 0.2) is 11.5 Å². The number of methoxy groups -OCH3 is 2. The van der Waals surface area contributed by atoms with Crippen molar-refractivity contribution in [2.75, 3.05) is 41.4 Å². The van der Waals surface area contributed by atoms with Crippen LogP contribution in [0, 0.1) is 5.82 Å². The molecule has 0 heterocycles. The molecule has 0 aliphatic heterocycles. The van der Waals surface area contributed by atoms with Gasteiger partial charge in [0.2, 0.25) is 5.91 Å². The van der Waals surface area contributed by atoms with Crippen LogP contribution in [-0.2, 0) is 11.3 Å². The predicted octanol–water partition coefficient (Wildman–Crippen LogP) is 3.45. The van der Waals surface area contributed by atoms with Crippen LogP contribution in [0.5, 0.6) is 11.5 Å². The van der Waals surface area contributed by atoms with Crippen molar-refractivity contribution in [3.05, 3.63) is 65.5 Å². The van der Waals surface area contributed by atoms with Gasteiger partial charge >= 0.3 is 0 Å². The first kappa shape index (κ1) is 21.4. The second-order valence-electron chi connectivity index (χ2n) is 6.60. The van der Waals surface area contributed by atoms with Crippen LogP contribution in [0.1, 0.15) is 11.1 Å². The average Bonchev–Trinajstić information content (AvgIpc) is 2.70. The Kier molecular flexibility index (Phi) is 8.02. The number of hydrogen-bond donors (Lipinski definition) is 0. The molecule has 2 aromatic rings. The number of carbonyl (C=O) groups excluding carboxylic acids is 1. The van der Waals surface area contributed by atoms with Gasteiger partial charge in [-0.3, -0.25) is 4.79 Å². The van der Waals surface area contributed by atoms with Gasteiger partial charge in [0.05, 0.1) is 14.2 Å². The summed E-state index contributed by atoms with van der Waals surface area (Å²) in [6, 6.07) is 11.9. The number of hydrogen-bond acceptors (Lipinski definition) is 4. The molecular formula is C22H27FN2O3. The highest BCUT2D eigenvalue weighted by Gasteiger charge is 2.14. The maximum Gasteiger partial charge on any atom is 0.246 e. The number of carbonyl (C=O) groups is 1. The van der Waals surface area contributed by atoms with Crippen LogP contribution in [0.2, 0.25) is 0 Å². The van der Waals surface area contributed by atoms with Crippen molar-refractivity contribution < 1.29 is 18.7 Å². The minimum Gasteiger partial charge on any atom is -0.493 e. The fraction of sp³-hybridized carbons (Fsp3) is 0.318. The first-order valence-corrected chi connectivity index (χ1v) is 9.01. The molecule has 0 aliphatic carbocycles. The molecule has 0 spiro atoms. The Balaban J connectivity index is 2.17. The van der Waals surface area contributed by atoms with Gasteiger partial charge in [-0.15, -0.1) is 0 Å². The maximum atomic E-state index is 14.0. The Hall–Kier alpha value is -2.86. The van der Waals surface area contributed by atoms with E-state index in [1.807, 2.05) is 25.1 Å². The zero-order valence-electron chi connectivity index (χ0n) is 16.8. The first-order valence-electron chi connectivity index (χ1n) is 9.01. The van der Waals surface area contributed by atoms with Crippen molar-refractivity contribution >= 4 is 12.0 Å². The minimum absolute atomic E-state index is 0.181. The summed E-state index contributed by atoms with van der Waals surface area (Å²) in [5.41, 5.74) is 1.30. The van der Waals surface area contributed by atoms with Crippen LogP contribution < -0.4 is 9.47 Å². The summed E-state index contributed by atoms with van der Waals surface area (Å²) in [6.07, 6.45) is 3.21. The largest absolute Gasteiger partial charge is 0.493 e. The number of halogens is 1. The van der Waals surface area contributed by atoms with Crippen LogP contribution in [-0.4, -0.2) is 57.1 Å². The fourth-order valence-corrected chi connectivity index (χ4v) is 2.65. The molecule has 5 nitrogen and oxygen atoms in total. The lowest BCUT2D eigenvalue weighted by molar-refractivity contribution is -0.126. The van der Waals surface area contributed by atoms with Crippen LogP contribution in [0.15, 0.2) is 48.5 Å². The molecule has 0 aromatic heterocycles. The van der Waals surface area contributed by atoms with Crippen molar-refractivity contribution in [3.63, 3.8) is 0 Å².